The maximum atomic E-state index is 11.4. The molecular weight excluding hydrogens is 320 g/mol. The number of nitrogens with zero attached hydrogens (tertiary/aromatic N) is 2. The molecule has 6 N–H and O–H groups in total. The highest BCUT2D eigenvalue weighted by atomic mass is 31.2. The summed E-state index contributed by atoms with van der Waals surface area (Å²) >= 11 is 0. The van der Waals surface area contributed by atoms with Crippen molar-refractivity contribution >= 4 is 26.2 Å². The Labute approximate surface area is 119 Å². The summed E-state index contributed by atoms with van der Waals surface area (Å²) in [6, 6.07) is 7.00. The summed E-state index contributed by atoms with van der Waals surface area (Å²) in [5.41, 5.74) is 6.69. The first-order valence-electron chi connectivity index (χ1n) is 5.86. The predicted octanol–water partition coefficient (Wildman–Crippen LogP) is 0.394. The Morgan fingerprint density at radius 1 is 1.14 bits per heavy atom. The minimum atomic E-state index is -5.21. The van der Waals surface area contributed by atoms with Gasteiger partial charge in [0.25, 0.3) is 0 Å². The molecular formula is C10H15N3O6P2. The normalized spacial score (nSPS) is 13.8. The highest BCUT2D eigenvalue weighted by Gasteiger charge is 2.56. The van der Waals surface area contributed by atoms with Crippen LogP contribution in [0.25, 0.3) is 11.0 Å². The van der Waals surface area contributed by atoms with Gasteiger partial charge in [-0.25, -0.2) is 4.98 Å². The quantitative estimate of drug-likeness (QED) is 0.491. The standard InChI is InChI=1S/C10H15N3O6P2/c11-10(20(14,15)16,21(17,18)19)5-6-13-7-12-8-3-1-2-4-9(8)13/h1-4,7H,5-6,11H2,(H2,14,15,16)(H2,17,18,19). The third kappa shape index (κ3) is 2.95. The topological polar surface area (TPSA) is 159 Å². The lowest BCUT2D eigenvalue weighted by Crippen LogP contribution is -2.40. The molecule has 0 saturated carbocycles. The second-order valence-electron chi connectivity index (χ2n) is 4.64. The second-order valence-corrected chi connectivity index (χ2v) is 8.77. The summed E-state index contributed by atoms with van der Waals surface area (Å²) in [4.78, 5) is 40.8. The van der Waals surface area contributed by atoms with Crippen LogP contribution in [-0.4, -0.2) is 34.1 Å². The molecule has 116 valence electrons. The van der Waals surface area contributed by atoms with Gasteiger partial charge in [-0.2, -0.15) is 0 Å². The third-order valence-electron chi connectivity index (χ3n) is 3.26. The molecule has 1 aromatic heterocycles. The number of nitrogens with two attached hydrogens (primary N) is 1. The van der Waals surface area contributed by atoms with Gasteiger partial charge < -0.3 is 29.9 Å². The Hall–Kier alpha value is -1.05. The number of hydrogen-bond acceptors (Lipinski definition) is 4. The van der Waals surface area contributed by atoms with E-state index in [0.29, 0.717) is 11.0 Å². The lowest BCUT2D eigenvalue weighted by molar-refractivity contribution is 0.299. The monoisotopic (exact) mass is 335 g/mol. The van der Waals surface area contributed by atoms with Crippen molar-refractivity contribution in [3.05, 3.63) is 30.6 Å². The van der Waals surface area contributed by atoms with Gasteiger partial charge in [0.1, 0.15) is 0 Å². The van der Waals surface area contributed by atoms with Crippen LogP contribution in [0.1, 0.15) is 6.42 Å². The van der Waals surface area contributed by atoms with Crippen LogP contribution >= 0.6 is 15.2 Å². The molecule has 0 saturated heterocycles. The number of fused-ring (bicyclic) bond motifs is 1. The van der Waals surface area contributed by atoms with E-state index in [1.165, 1.54) is 10.9 Å². The van der Waals surface area contributed by atoms with Crippen LogP contribution in [-0.2, 0) is 15.7 Å². The van der Waals surface area contributed by atoms with Gasteiger partial charge in [0.05, 0.1) is 17.4 Å². The van der Waals surface area contributed by atoms with Gasteiger partial charge in [-0.1, -0.05) is 12.1 Å². The fourth-order valence-corrected chi connectivity index (χ4v) is 4.07. The zero-order valence-electron chi connectivity index (χ0n) is 10.8. The van der Waals surface area contributed by atoms with E-state index in [4.69, 9.17) is 5.73 Å². The van der Waals surface area contributed by atoms with Crippen LogP contribution < -0.4 is 5.73 Å². The first-order chi connectivity index (χ1) is 9.56. The molecule has 0 spiro atoms. The third-order valence-corrected chi connectivity index (χ3v) is 7.28. The van der Waals surface area contributed by atoms with E-state index in [-0.39, 0.29) is 6.54 Å². The van der Waals surface area contributed by atoms with Crippen molar-refractivity contribution in [2.45, 2.75) is 18.0 Å². The molecule has 2 aromatic rings. The van der Waals surface area contributed by atoms with E-state index in [1.54, 1.807) is 24.3 Å². The van der Waals surface area contributed by atoms with Crippen molar-refractivity contribution in [1.29, 1.82) is 0 Å². The molecule has 1 aromatic carbocycles. The van der Waals surface area contributed by atoms with Crippen molar-refractivity contribution in [3.63, 3.8) is 0 Å². The van der Waals surface area contributed by atoms with Gasteiger partial charge in [0.2, 0.25) is 5.02 Å². The number of para-hydroxylation sites is 2. The number of rotatable bonds is 5. The lowest BCUT2D eigenvalue weighted by Gasteiger charge is -2.30. The molecule has 0 radical (unpaired) electrons. The maximum Gasteiger partial charge on any atom is 0.357 e. The zero-order chi connectivity index (χ0) is 15.9. The van der Waals surface area contributed by atoms with E-state index in [2.05, 4.69) is 4.98 Å². The molecule has 1 heterocycles. The van der Waals surface area contributed by atoms with Gasteiger partial charge in [-0.05, 0) is 12.1 Å². The van der Waals surface area contributed by atoms with E-state index >= 15 is 0 Å². The predicted molar refractivity (Wildman–Crippen MR) is 75.4 cm³/mol. The summed E-state index contributed by atoms with van der Waals surface area (Å²) < 4.78 is 24.3. The van der Waals surface area contributed by atoms with Crippen molar-refractivity contribution in [2.75, 3.05) is 0 Å². The lowest BCUT2D eigenvalue weighted by atomic mass is 10.3. The Balaban J connectivity index is 2.32. The van der Waals surface area contributed by atoms with E-state index in [1.807, 2.05) is 0 Å². The Kier molecular flexibility index (Phi) is 4.12. The van der Waals surface area contributed by atoms with Crippen molar-refractivity contribution in [1.82, 2.24) is 9.55 Å². The van der Waals surface area contributed by atoms with Crippen molar-refractivity contribution in [2.24, 2.45) is 5.73 Å². The molecule has 0 aliphatic rings. The van der Waals surface area contributed by atoms with Gasteiger partial charge in [0, 0.05) is 13.0 Å². The van der Waals surface area contributed by atoms with Crippen LogP contribution in [0, 0.1) is 0 Å². The van der Waals surface area contributed by atoms with Crippen LogP contribution in [0.4, 0.5) is 0 Å². The molecule has 0 atom stereocenters. The Morgan fingerprint density at radius 3 is 2.29 bits per heavy atom. The van der Waals surface area contributed by atoms with E-state index < -0.39 is 26.6 Å². The average Bonchev–Trinajstić information content (AvgIpc) is 2.76. The molecule has 9 nitrogen and oxygen atoms in total. The maximum absolute atomic E-state index is 11.4. The van der Waals surface area contributed by atoms with Gasteiger partial charge >= 0.3 is 15.2 Å². The molecule has 0 bridgehead atoms. The van der Waals surface area contributed by atoms with Crippen LogP contribution in [0.2, 0.25) is 0 Å². The highest BCUT2D eigenvalue weighted by molar-refractivity contribution is 7.72. The molecule has 0 unspecified atom stereocenters. The summed E-state index contributed by atoms with van der Waals surface area (Å²) in [6.07, 6.45) is 0.826. The molecule has 0 aliphatic heterocycles. The fourth-order valence-electron chi connectivity index (χ4n) is 1.93. The number of hydrogen-bond donors (Lipinski definition) is 5. The van der Waals surface area contributed by atoms with E-state index in [0.717, 1.165) is 0 Å². The van der Waals surface area contributed by atoms with Gasteiger partial charge in [0.15, 0.2) is 0 Å². The summed E-state index contributed by atoms with van der Waals surface area (Å²) in [6.45, 7) is -0.0900. The first kappa shape index (κ1) is 16.3. The van der Waals surface area contributed by atoms with Gasteiger partial charge in [-0.3, -0.25) is 9.13 Å². The molecule has 21 heavy (non-hydrogen) atoms. The Morgan fingerprint density at radius 2 is 1.71 bits per heavy atom. The number of aromatic nitrogens is 2. The van der Waals surface area contributed by atoms with Crippen LogP contribution in [0.5, 0.6) is 0 Å². The van der Waals surface area contributed by atoms with Crippen molar-refractivity contribution < 1.29 is 28.7 Å². The average molecular weight is 335 g/mol. The Bertz CT molecular complexity index is 726. The second kappa shape index (κ2) is 5.30. The summed E-state index contributed by atoms with van der Waals surface area (Å²) in [5, 5.41) is -2.91. The number of imidazole rings is 1. The molecule has 0 aliphatic carbocycles. The largest absolute Gasteiger partial charge is 0.357 e. The fraction of sp³-hybridized carbons (Fsp3) is 0.300. The zero-order valence-corrected chi connectivity index (χ0v) is 12.6. The highest BCUT2D eigenvalue weighted by Crippen LogP contribution is 2.67. The van der Waals surface area contributed by atoms with Crippen LogP contribution in [0.15, 0.2) is 30.6 Å². The molecule has 0 fully saturated rings. The smallest absolute Gasteiger partial charge is 0.330 e. The van der Waals surface area contributed by atoms with Crippen molar-refractivity contribution in [3.8, 4) is 0 Å². The van der Waals surface area contributed by atoms with Crippen LogP contribution in [0.3, 0.4) is 0 Å². The van der Waals surface area contributed by atoms with Gasteiger partial charge in [-0.15, -0.1) is 0 Å². The summed E-state index contributed by atoms with van der Waals surface area (Å²) in [7, 11) is -10.4. The molecule has 11 heteroatoms. The minimum absolute atomic E-state index is 0.0900. The number of benzene rings is 1. The SMILES string of the molecule is NC(CCn1cnc2ccccc21)(P(=O)(O)O)P(=O)(O)O. The van der Waals surface area contributed by atoms with E-state index in [9.17, 15) is 28.7 Å². The summed E-state index contributed by atoms with van der Waals surface area (Å²) in [5.74, 6) is 0. The number of aryl methyl sites for hydroxylation is 1. The minimum Gasteiger partial charge on any atom is -0.330 e. The molecule has 2 rings (SSSR count). The molecule has 0 amide bonds. The first-order valence-corrected chi connectivity index (χ1v) is 9.09.